The fraction of sp³-hybridized carbons (Fsp3) is 0.240. The lowest BCUT2D eigenvalue weighted by molar-refractivity contribution is -0.141. The molecule has 4 aromatic rings. The predicted molar refractivity (Wildman–Crippen MR) is 139 cm³/mol. The molecule has 36 heavy (non-hydrogen) atoms. The smallest absolute Gasteiger partial charge is 0.326 e. The largest absolute Gasteiger partial charge is 0.464 e. The number of fused-ring (bicyclic) bond motifs is 1. The summed E-state index contributed by atoms with van der Waals surface area (Å²) < 4.78 is 39.0. The zero-order valence-corrected chi connectivity index (χ0v) is 21.9. The first-order valence-electron chi connectivity index (χ1n) is 11.2. The Morgan fingerprint density at radius 2 is 1.83 bits per heavy atom. The summed E-state index contributed by atoms with van der Waals surface area (Å²) in [5, 5.41) is 5.65. The van der Waals surface area contributed by atoms with Crippen molar-refractivity contribution in [2.24, 2.45) is 0 Å². The summed E-state index contributed by atoms with van der Waals surface area (Å²) >= 11 is 12.1. The molecule has 0 spiro atoms. The molecule has 0 saturated carbocycles. The van der Waals surface area contributed by atoms with Gasteiger partial charge in [-0.3, -0.25) is 9.10 Å². The highest BCUT2D eigenvalue weighted by molar-refractivity contribution is 7.92. The average Bonchev–Trinajstić information content (AvgIpc) is 3.27. The summed E-state index contributed by atoms with van der Waals surface area (Å²) in [4.78, 5) is 16.8. The van der Waals surface area contributed by atoms with E-state index in [4.69, 9.17) is 32.5 Å². The van der Waals surface area contributed by atoms with E-state index < -0.39 is 22.5 Å². The summed E-state index contributed by atoms with van der Waals surface area (Å²) in [6.07, 6.45) is 1.51. The van der Waals surface area contributed by atoms with E-state index in [0.717, 1.165) is 16.1 Å². The third-order valence-electron chi connectivity index (χ3n) is 5.37. The van der Waals surface area contributed by atoms with E-state index in [9.17, 15) is 13.2 Å². The van der Waals surface area contributed by atoms with Crippen molar-refractivity contribution in [2.45, 2.75) is 31.6 Å². The zero-order valence-electron chi connectivity index (χ0n) is 19.6. The van der Waals surface area contributed by atoms with Crippen molar-refractivity contribution in [3.8, 4) is 11.5 Å². The van der Waals surface area contributed by atoms with Crippen LogP contribution < -0.4 is 4.31 Å². The number of nitrogens with zero attached hydrogens (tertiary/aromatic N) is 3. The number of ether oxygens (including phenoxy) is 1. The van der Waals surface area contributed by atoms with Gasteiger partial charge in [-0.2, -0.15) is 4.98 Å². The molecule has 3 aromatic carbocycles. The van der Waals surface area contributed by atoms with Gasteiger partial charge >= 0.3 is 5.97 Å². The zero-order chi connectivity index (χ0) is 25.9. The van der Waals surface area contributed by atoms with E-state index in [0.29, 0.717) is 29.1 Å². The van der Waals surface area contributed by atoms with Gasteiger partial charge in [-0.15, -0.1) is 0 Å². The number of aryl methyl sites for hydroxylation is 1. The van der Waals surface area contributed by atoms with Crippen LogP contribution in [0.5, 0.6) is 0 Å². The molecule has 11 heteroatoms. The van der Waals surface area contributed by atoms with Gasteiger partial charge in [0.05, 0.1) is 17.2 Å². The predicted octanol–water partition coefficient (Wildman–Crippen LogP) is 6.04. The number of carbonyl (C=O) groups is 1. The van der Waals surface area contributed by atoms with Crippen LogP contribution in [0.2, 0.25) is 10.0 Å². The summed E-state index contributed by atoms with van der Waals surface area (Å²) in [7, 11) is -4.23. The first-order chi connectivity index (χ1) is 17.2. The van der Waals surface area contributed by atoms with E-state index in [1.807, 2.05) is 19.1 Å². The molecule has 0 fully saturated rings. The first-order valence-corrected chi connectivity index (χ1v) is 13.4. The molecular weight excluding hydrogens is 525 g/mol. The number of halogens is 2. The fourth-order valence-electron chi connectivity index (χ4n) is 3.63. The topological polar surface area (TPSA) is 103 Å². The van der Waals surface area contributed by atoms with Crippen LogP contribution in [0.15, 0.2) is 64.0 Å². The minimum absolute atomic E-state index is 0.142. The number of unbranched alkanes of at least 4 members (excludes halogenated alkanes) is 1. The number of carbonyl (C=O) groups excluding carboxylic acids is 1. The van der Waals surface area contributed by atoms with Crippen molar-refractivity contribution in [3.63, 3.8) is 0 Å². The Morgan fingerprint density at radius 1 is 1.08 bits per heavy atom. The number of hydrogen-bond donors (Lipinski definition) is 0. The minimum atomic E-state index is -4.23. The number of sulfonamides is 1. The molecule has 0 aliphatic rings. The molecule has 8 nitrogen and oxygen atoms in total. The highest BCUT2D eigenvalue weighted by Gasteiger charge is 2.29. The lowest BCUT2D eigenvalue weighted by Crippen LogP contribution is -2.36. The molecule has 0 unspecified atom stereocenters. The van der Waals surface area contributed by atoms with Gasteiger partial charge in [-0.25, -0.2) is 8.42 Å². The molecule has 0 radical (unpaired) electrons. The molecule has 0 bridgehead atoms. The van der Waals surface area contributed by atoms with Gasteiger partial charge in [0.2, 0.25) is 0 Å². The van der Waals surface area contributed by atoms with E-state index in [1.165, 1.54) is 18.2 Å². The quantitative estimate of drug-likeness (QED) is 0.186. The van der Waals surface area contributed by atoms with Gasteiger partial charge in [0.1, 0.15) is 6.54 Å². The highest BCUT2D eigenvalue weighted by atomic mass is 35.5. The molecule has 0 amide bonds. The van der Waals surface area contributed by atoms with Crippen LogP contribution in [0.4, 0.5) is 5.69 Å². The van der Waals surface area contributed by atoms with E-state index >= 15 is 0 Å². The van der Waals surface area contributed by atoms with Crippen LogP contribution >= 0.6 is 23.2 Å². The lowest BCUT2D eigenvalue weighted by Gasteiger charge is -2.24. The second kappa shape index (κ2) is 10.9. The minimum Gasteiger partial charge on any atom is -0.464 e. The Labute approximate surface area is 218 Å². The van der Waals surface area contributed by atoms with Crippen LogP contribution in [0.25, 0.3) is 22.2 Å². The molecule has 1 aromatic heterocycles. The van der Waals surface area contributed by atoms with Crippen molar-refractivity contribution in [3.05, 3.63) is 70.5 Å². The standard InChI is InChI=1S/C25H23Cl2N3O5S/c1-3-4-10-34-24(31)15-30(36(32,33)21-13-18(26)12-19(27)14-21)20-8-9-22-17(11-20)6-5-7-23(22)25-28-16(2)29-35-25/h5-9,11-14H,3-4,10,15H2,1-2H3. The van der Waals surface area contributed by atoms with Gasteiger partial charge in [-0.05, 0) is 60.5 Å². The van der Waals surface area contributed by atoms with Crippen molar-refractivity contribution in [2.75, 3.05) is 17.5 Å². The van der Waals surface area contributed by atoms with Crippen molar-refractivity contribution < 1.29 is 22.5 Å². The summed E-state index contributed by atoms with van der Waals surface area (Å²) in [6.45, 7) is 3.37. The summed E-state index contributed by atoms with van der Waals surface area (Å²) in [6, 6.07) is 14.5. The lowest BCUT2D eigenvalue weighted by atomic mass is 10.0. The van der Waals surface area contributed by atoms with Crippen molar-refractivity contribution >= 4 is 55.7 Å². The third-order valence-corrected chi connectivity index (χ3v) is 7.56. The van der Waals surface area contributed by atoms with Crippen LogP contribution in [-0.2, 0) is 19.6 Å². The first kappa shape index (κ1) is 25.9. The fourth-order valence-corrected chi connectivity index (χ4v) is 5.76. The molecule has 0 atom stereocenters. The Morgan fingerprint density at radius 3 is 2.50 bits per heavy atom. The number of hydrogen-bond acceptors (Lipinski definition) is 7. The SMILES string of the molecule is CCCCOC(=O)CN(c1ccc2c(-c3nc(C)no3)cccc2c1)S(=O)(=O)c1cc(Cl)cc(Cl)c1. The number of benzene rings is 3. The number of anilines is 1. The van der Waals surface area contributed by atoms with Crippen LogP contribution in [0.1, 0.15) is 25.6 Å². The number of esters is 1. The summed E-state index contributed by atoms with van der Waals surface area (Å²) in [5.41, 5.74) is 0.972. The van der Waals surface area contributed by atoms with E-state index in [2.05, 4.69) is 10.1 Å². The number of rotatable bonds is 9. The van der Waals surface area contributed by atoms with Gasteiger partial charge < -0.3 is 9.26 Å². The molecule has 0 aliphatic carbocycles. The molecule has 188 valence electrons. The van der Waals surface area contributed by atoms with Crippen LogP contribution in [0, 0.1) is 6.92 Å². The molecule has 1 heterocycles. The van der Waals surface area contributed by atoms with E-state index in [-0.39, 0.29) is 27.2 Å². The Bertz CT molecular complexity index is 1500. The molecular formula is C25H23Cl2N3O5S. The van der Waals surface area contributed by atoms with Crippen LogP contribution in [-0.4, -0.2) is 37.7 Å². The molecule has 0 aliphatic heterocycles. The maximum atomic E-state index is 13.7. The average molecular weight is 548 g/mol. The normalized spacial score (nSPS) is 11.6. The Hall–Kier alpha value is -3.14. The van der Waals surface area contributed by atoms with Gasteiger partial charge in [0.25, 0.3) is 15.9 Å². The van der Waals surface area contributed by atoms with E-state index in [1.54, 1.807) is 31.2 Å². The van der Waals surface area contributed by atoms with Gasteiger partial charge in [0, 0.05) is 15.6 Å². The van der Waals surface area contributed by atoms with Gasteiger partial charge in [0.15, 0.2) is 5.82 Å². The van der Waals surface area contributed by atoms with Crippen molar-refractivity contribution in [1.82, 2.24) is 10.1 Å². The second-order valence-electron chi connectivity index (χ2n) is 8.05. The molecule has 0 N–H and O–H groups in total. The summed E-state index contributed by atoms with van der Waals surface area (Å²) in [5.74, 6) is 0.177. The highest BCUT2D eigenvalue weighted by Crippen LogP contribution is 2.33. The third kappa shape index (κ3) is 5.64. The second-order valence-corrected chi connectivity index (χ2v) is 10.8. The maximum Gasteiger partial charge on any atom is 0.326 e. The Kier molecular flexibility index (Phi) is 7.82. The Balaban J connectivity index is 1.79. The van der Waals surface area contributed by atoms with Crippen molar-refractivity contribution in [1.29, 1.82) is 0 Å². The molecule has 0 saturated heterocycles. The van der Waals surface area contributed by atoms with Crippen LogP contribution in [0.3, 0.4) is 0 Å². The number of aromatic nitrogens is 2. The maximum absolute atomic E-state index is 13.7. The molecule has 4 rings (SSSR count). The van der Waals surface area contributed by atoms with Gasteiger partial charge in [-0.1, -0.05) is 59.9 Å². The monoisotopic (exact) mass is 547 g/mol.